The molecule has 29 heavy (non-hydrogen) atoms. The van der Waals surface area contributed by atoms with Gasteiger partial charge in [0.2, 0.25) is 5.91 Å². The molecule has 2 heterocycles. The quantitative estimate of drug-likeness (QED) is 0.671. The van der Waals surface area contributed by atoms with Crippen LogP contribution in [0.5, 0.6) is 11.5 Å². The Balaban J connectivity index is 1.48. The van der Waals surface area contributed by atoms with Crippen LogP contribution in [0.2, 0.25) is 0 Å². The van der Waals surface area contributed by atoms with Crippen molar-refractivity contribution in [2.75, 3.05) is 32.7 Å². The van der Waals surface area contributed by atoms with Crippen LogP contribution in [-0.2, 0) is 25.7 Å². The summed E-state index contributed by atoms with van der Waals surface area (Å²) >= 11 is 0. The number of hydrogen-bond donors (Lipinski definition) is 1. The molecule has 0 unspecified atom stereocenters. The number of rotatable bonds is 8. The summed E-state index contributed by atoms with van der Waals surface area (Å²) in [5.41, 5.74) is 0.476. The summed E-state index contributed by atoms with van der Waals surface area (Å²) in [6.45, 7) is 0.0844. The molecule has 1 aliphatic heterocycles. The van der Waals surface area contributed by atoms with Crippen LogP contribution in [0, 0.1) is 5.92 Å². The van der Waals surface area contributed by atoms with Crippen molar-refractivity contribution in [3.8, 4) is 11.5 Å². The van der Waals surface area contributed by atoms with Gasteiger partial charge in [-0.2, -0.15) is 0 Å². The Labute approximate surface area is 167 Å². The average Bonchev–Trinajstić information content (AvgIpc) is 3.36. The second-order valence-electron chi connectivity index (χ2n) is 6.48. The third-order valence-electron chi connectivity index (χ3n) is 4.49. The lowest BCUT2D eigenvalue weighted by molar-refractivity contribution is -0.151. The van der Waals surface area contributed by atoms with Crippen molar-refractivity contribution in [3.05, 3.63) is 42.4 Å². The van der Waals surface area contributed by atoms with E-state index in [1.165, 1.54) is 25.4 Å². The number of carbonyl (C=O) groups excluding carboxylic acids is 3. The van der Waals surface area contributed by atoms with E-state index in [9.17, 15) is 14.4 Å². The van der Waals surface area contributed by atoms with E-state index < -0.39 is 24.4 Å². The standard InChI is InChI=1S/C20H22N2O7/c1-26-16-6-5-14(9-17(16)27-2)21-18(23)12-29-20(25)13-8-19(24)22(10-13)11-15-4-3-7-28-15/h3-7,9,13H,8,10-12H2,1-2H3,(H,21,23)/t13-/m0/s1. The number of anilines is 1. The monoisotopic (exact) mass is 402 g/mol. The minimum atomic E-state index is -0.605. The lowest BCUT2D eigenvalue weighted by Gasteiger charge is -2.14. The zero-order valence-corrected chi connectivity index (χ0v) is 16.2. The number of methoxy groups -OCH3 is 2. The molecule has 0 spiro atoms. The molecule has 1 aromatic heterocycles. The molecule has 1 aliphatic rings. The maximum Gasteiger partial charge on any atom is 0.311 e. The van der Waals surface area contributed by atoms with E-state index in [2.05, 4.69) is 5.32 Å². The fraction of sp³-hybridized carbons (Fsp3) is 0.350. The van der Waals surface area contributed by atoms with Crippen molar-refractivity contribution >= 4 is 23.5 Å². The number of nitrogens with zero attached hydrogens (tertiary/aromatic N) is 1. The highest BCUT2D eigenvalue weighted by atomic mass is 16.5. The van der Waals surface area contributed by atoms with Crippen LogP contribution in [0.25, 0.3) is 0 Å². The molecule has 0 saturated carbocycles. The SMILES string of the molecule is COc1ccc(NC(=O)COC(=O)[C@H]2CC(=O)N(Cc3ccco3)C2)cc1OC. The minimum absolute atomic E-state index is 0.0524. The van der Waals surface area contributed by atoms with Gasteiger partial charge in [0, 0.05) is 24.7 Å². The molecule has 0 bridgehead atoms. The summed E-state index contributed by atoms with van der Waals surface area (Å²) in [5, 5.41) is 2.62. The number of hydrogen-bond acceptors (Lipinski definition) is 7. The van der Waals surface area contributed by atoms with E-state index in [1.807, 2.05) is 0 Å². The van der Waals surface area contributed by atoms with Crippen LogP contribution in [0.4, 0.5) is 5.69 Å². The zero-order chi connectivity index (χ0) is 20.8. The highest BCUT2D eigenvalue weighted by Gasteiger charge is 2.35. The predicted molar refractivity (Wildman–Crippen MR) is 101 cm³/mol. The molecule has 1 atom stereocenters. The molecule has 1 aromatic carbocycles. The summed E-state index contributed by atoms with van der Waals surface area (Å²) in [4.78, 5) is 37.9. The summed E-state index contributed by atoms with van der Waals surface area (Å²) in [5.74, 6) is -0.207. The van der Waals surface area contributed by atoms with E-state index in [4.69, 9.17) is 18.6 Å². The van der Waals surface area contributed by atoms with Crippen LogP contribution in [-0.4, -0.2) is 50.1 Å². The number of nitrogens with one attached hydrogen (secondary N) is 1. The van der Waals surface area contributed by atoms with E-state index in [0.29, 0.717) is 29.5 Å². The van der Waals surface area contributed by atoms with Crippen LogP contribution >= 0.6 is 0 Å². The molecule has 1 fully saturated rings. The lowest BCUT2D eigenvalue weighted by atomic mass is 10.1. The van der Waals surface area contributed by atoms with Gasteiger partial charge in [-0.05, 0) is 24.3 Å². The predicted octanol–water partition coefficient (Wildman–Crippen LogP) is 1.83. The molecule has 0 aliphatic carbocycles. The number of likely N-dealkylation sites (tertiary alicyclic amines) is 1. The Morgan fingerprint density at radius 2 is 2.00 bits per heavy atom. The smallest absolute Gasteiger partial charge is 0.311 e. The van der Waals surface area contributed by atoms with Gasteiger partial charge in [0.1, 0.15) is 5.76 Å². The summed E-state index contributed by atoms with van der Waals surface area (Å²) in [6, 6.07) is 8.39. The first-order valence-electron chi connectivity index (χ1n) is 8.99. The number of esters is 1. The minimum Gasteiger partial charge on any atom is -0.493 e. The van der Waals surface area contributed by atoms with Gasteiger partial charge in [-0.1, -0.05) is 0 Å². The molecule has 2 amide bonds. The Hall–Kier alpha value is -3.49. The van der Waals surface area contributed by atoms with E-state index in [-0.39, 0.29) is 18.9 Å². The van der Waals surface area contributed by atoms with Gasteiger partial charge in [0.25, 0.3) is 5.91 Å². The van der Waals surface area contributed by atoms with E-state index >= 15 is 0 Å². The second-order valence-corrected chi connectivity index (χ2v) is 6.48. The molecule has 2 aromatic rings. The number of amides is 2. The van der Waals surface area contributed by atoms with Gasteiger partial charge < -0.3 is 28.8 Å². The van der Waals surface area contributed by atoms with Gasteiger partial charge in [-0.3, -0.25) is 14.4 Å². The number of ether oxygens (including phenoxy) is 3. The summed E-state index contributed by atoms with van der Waals surface area (Å²) < 4.78 is 20.6. The van der Waals surface area contributed by atoms with Crippen molar-refractivity contribution in [3.63, 3.8) is 0 Å². The highest BCUT2D eigenvalue weighted by molar-refractivity contribution is 5.94. The normalized spacial score (nSPS) is 15.9. The summed E-state index contributed by atoms with van der Waals surface area (Å²) in [7, 11) is 3.00. The van der Waals surface area contributed by atoms with Gasteiger partial charge in [0.15, 0.2) is 18.1 Å². The zero-order valence-electron chi connectivity index (χ0n) is 16.2. The molecular formula is C20H22N2O7. The van der Waals surface area contributed by atoms with Crippen molar-refractivity contribution in [1.82, 2.24) is 4.90 Å². The summed E-state index contributed by atoms with van der Waals surface area (Å²) in [6.07, 6.45) is 1.58. The Kier molecular flexibility index (Phi) is 6.38. The second kappa shape index (κ2) is 9.13. The first-order chi connectivity index (χ1) is 14.0. The van der Waals surface area contributed by atoms with E-state index in [1.54, 1.807) is 30.3 Å². The maximum absolute atomic E-state index is 12.2. The molecule has 9 nitrogen and oxygen atoms in total. The first-order valence-corrected chi connectivity index (χ1v) is 8.99. The van der Waals surface area contributed by atoms with E-state index in [0.717, 1.165) is 0 Å². The van der Waals surface area contributed by atoms with Gasteiger partial charge >= 0.3 is 5.97 Å². The van der Waals surface area contributed by atoms with Crippen LogP contribution in [0.15, 0.2) is 41.0 Å². The molecule has 154 valence electrons. The topological polar surface area (TPSA) is 107 Å². The third-order valence-corrected chi connectivity index (χ3v) is 4.49. The van der Waals surface area contributed by atoms with Crippen LogP contribution < -0.4 is 14.8 Å². The molecule has 1 saturated heterocycles. The maximum atomic E-state index is 12.2. The fourth-order valence-electron chi connectivity index (χ4n) is 3.04. The first kappa shape index (κ1) is 20.2. The fourth-order valence-corrected chi connectivity index (χ4v) is 3.04. The Morgan fingerprint density at radius 1 is 1.21 bits per heavy atom. The van der Waals surface area contributed by atoms with Crippen LogP contribution in [0.1, 0.15) is 12.2 Å². The van der Waals surface area contributed by atoms with Gasteiger partial charge in [-0.25, -0.2) is 0 Å². The highest BCUT2D eigenvalue weighted by Crippen LogP contribution is 2.29. The van der Waals surface area contributed by atoms with Crippen molar-refractivity contribution in [2.45, 2.75) is 13.0 Å². The van der Waals surface area contributed by atoms with Crippen molar-refractivity contribution < 1.29 is 33.0 Å². The number of benzene rings is 1. The van der Waals surface area contributed by atoms with Crippen molar-refractivity contribution in [2.24, 2.45) is 5.92 Å². The van der Waals surface area contributed by atoms with Crippen LogP contribution in [0.3, 0.4) is 0 Å². The molecule has 9 heteroatoms. The molecule has 3 rings (SSSR count). The average molecular weight is 402 g/mol. The third kappa shape index (κ3) is 5.07. The Bertz CT molecular complexity index is 879. The molecule has 0 radical (unpaired) electrons. The Morgan fingerprint density at radius 3 is 2.69 bits per heavy atom. The van der Waals surface area contributed by atoms with Gasteiger partial charge in [-0.15, -0.1) is 0 Å². The number of carbonyl (C=O) groups is 3. The van der Waals surface area contributed by atoms with Gasteiger partial charge in [0.05, 0.1) is 32.9 Å². The van der Waals surface area contributed by atoms with Crippen molar-refractivity contribution in [1.29, 1.82) is 0 Å². The largest absolute Gasteiger partial charge is 0.493 e. The lowest BCUT2D eigenvalue weighted by Crippen LogP contribution is -2.28. The molecule has 1 N–H and O–H groups in total. The molecular weight excluding hydrogens is 380 g/mol. The number of furan rings is 1.